The number of rotatable bonds is 11. The number of nitrogens with zero attached hydrogens (tertiary/aromatic N) is 12. The number of nitriles is 1. The number of carbonyl (C=O) groups excluding carboxylic acids is 2. The van der Waals surface area contributed by atoms with E-state index in [4.69, 9.17) is 36.8 Å². The van der Waals surface area contributed by atoms with Crippen LogP contribution < -0.4 is 20.9 Å². The van der Waals surface area contributed by atoms with E-state index in [0.717, 1.165) is 40.8 Å². The van der Waals surface area contributed by atoms with Gasteiger partial charge in [-0.2, -0.15) is 20.0 Å². The second-order valence-corrected chi connectivity index (χ2v) is 23.0. The van der Waals surface area contributed by atoms with E-state index in [2.05, 4.69) is 31.9 Å². The number of nitrogens with two attached hydrogens (primary N) is 1. The Morgan fingerprint density at radius 3 is 2.68 bits per heavy atom. The zero-order chi connectivity index (χ0) is 56.6. The average Bonchev–Trinajstić information content (AvgIpc) is 4.39. The molecular formula is C57H51ClF3N13O6S. The Kier molecular flexibility index (Phi) is 12.5. The van der Waals surface area contributed by atoms with Crippen LogP contribution in [0.3, 0.4) is 0 Å². The van der Waals surface area contributed by atoms with Crippen LogP contribution in [0.2, 0.25) is 5.02 Å². The van der Waals surface area contributed by atoms with E-state index >= 15 is 8.78 Å². The number of hydrogen-bond acceptors (Lipinski definition) is 17. The zero-order valence-electron chi connectivity index (χ0n) is 44.2. The molecule has 3 aromatic carbocycles. The highest BCUT2D eigenvalue weighted by atomic mass is 35.5. The van der Waals surface area contributed by atoms with Crippen molar-refractivity contribution in [2.24, 2.45) is 0 Å². The van der Waals surface area contributed by atoms with Gasteiger partial charge in [-0.25, -0.2) is 22.9 Å². The number of hydrogen-bond donors (Lipinski definition) is 2. The van der Waals surface area contributed by atoms with Crippen LogP contribution in [0, 0.1) is 23.0 Å². The van der Waals surface area contributed by atoms with Gasteiger partial charge in [0.25, 0.3) is 11.5 Å². The lowest BCUT2D eigenvalue weighted by atomic mass is 9.86. The van der Waals surface area contributed by atoms with Gasteiger partial charge in [-0.3, -0.25) is 14.5 Å². The number of halogens is 4. The number of aliphatic hydroxyl groups is 1. The van der Waals surface area contributed by atoms with Crippen molar-refractivity contribution in [1.82, 2.24) is 49.5 Å². The Labute approximate surface area is 469 Å². The minimum absolute atomic E-state index is 0.00451. The fourth-order valence-corrected chi connectivity index (χ4v) is 14.1. The molecule has 10 heterocycles. The molecule has 3 unspecified atom stereocenters. The molecule has 0 aliphatic carbocycles. The number of nitrogen functional groups attached to an aromatic ring is 1. The van der Waals surface area contributed by atoms with Crippen molar-refractivity contribution in [3.8, 4) is 46.0 Å². The summed E-state index contributed by atoms with van der Waals surface area (Å²) < 4.78 is 60.8. The lowest BCUT2D eigenvalue weighted by molar-refractivity contribution is -0.172. The number of esters is 1. The number of alkyl halides is 1. The summed E-state index contributed by atoms with van der Waals surface area (Å²) in [5.41, 5.74) is 8.10. The van der Waals surface area contributed by atoms with Crippen LogP contribution in [-0.4, -0.2) is 124 Å². The molecule has 4 atom stereocenters. The third-order valence-electron chi connectivity index (χ3n) is 17.0. The summed E-state index contributed by atoms with van der Waals surface area (Å²) in [6, 6.07) is 12.8. The molecule has 0 bridgehead atoms. The summed E-state index contributed by atoms with van der Waals surface area (Å²) in [7, 11) is 0. The van der Waals surface area contributed by atoms with E-state index in [0.29, 0.717) is 47.7 Å². The normalized spacial score (nSPS) is 21.3. The molecule has 5 aliphatic heterocycles. The first-order valence-corrected chi connectivity index (χ1v) is 27.9. The highest BCUT2D eigenvalue weighted by molar-refractivity contribution is 7.23. The molecule has 3 N–H and O–H groups in total. The third kappa shape index (κ3) is 8.14. The molecule has 0 radical (unpaired) electrons. The number of anilines is 2. The SMILES string of the molecule is C=C(Cn1nnc(-c2ccc3nc4c(c(CC)c3c2)Cn2c-4cc3c(c2=O)COC(=O)C3(O)CC)n1)C(=O)N1CCN(c2nc(OCC34CCCN3C[C@H](F)C4)nc3c(F)c(-c4ccc(F)c5sc(N)c(C#N)c45)c(Cl)cc23)C(C)C1. The van der Waals surface area contributed by atoms with E-state index in [-0.39, 0.29) is 146 Å². The first kappa shape index (κ1) is 52.3. The lowest BCUT2D eigenvalue weighted by Crippen LogP contribution is -2.54. The van der Waals surface area contributed by atoms with Gasteiger partial charge in [0.05, 0.1) is 56.4 Å². The summed E-state index contributed by atoms with van der Waals surface area (Å²) in [6.45, 7) is 11.4. The second-order valence-electron chi connectivity index (χ2n) is 21.5. The molecule has 3 saturated heterocycles. The number of tetrazole rings is 1. The number of carbonyl (C=O) groups is 2. The Morgan fingerprint density at radius 2 is 1.90 bits per heavy atom. The van der Waals surface area contributed by atoms with Gasteiger partial charge < -0.3 is 34.7 Å². The van der Waals surface area contributed by atoms with Crippen molar-refractivity contribution in [2.45, 2.75) is 95.9 Å². The molecule has 13 rings (SSSR count). The Balaban J connectivity index is 0.754. The van der Waals surface area contributed by atoms with E-state index in [1.165, 1.54) is 23.0 Å². The smallest absolute Gasteiger partial charge is 0.343 e. The largest absolute Gasteiger partial charge is 0.461 e. The number of thiophene rings is 1. The topological polar surface area (TPSA) is 237 Å². The highest BCUT2D eigenvalue weighted by Crippen LogP contribution is 2.47. The fraction of sp³-hybridized carbons (Fsp3) is 0.368. The number of cyclic esters (lactones) is 1. The van der Waals surface area contributed by atoms with E-state index < -0.39 is 41.0 Å². The summed E-state index contributed by atoms with van der Waals surface area (Å²) in [4.78, 5) is 62.3. The predicted molar refractivity (Wildman–Crippen MR) is 296 cm³/mol. The van der Waals surface area contributed by atoms with Gasteiger partial charge in [-0.15, -0.1) is 21.5 Å². The van der Waals surface area contributed by atoms with Gasteiger partial charge in [0.2, 0.25) is 5.82 Å². The molecule has 19 nitrogen and oxygen atoms in total. The molecule has 24 heteroatoms. The summed E-state index contributed by atoms with van der Waals surface area (Å²) in [5, 5.41) is 35.9. The predicted octanol–water partition coefficient (Wildman–Crippen LogP) is 7.75. The second kappa shape index (κ2) is 19.3. The lowest BCUT2D eigenvalue weighted by Gasteiger charge is -2.41. The highest BCUT2D eigenvalue weighted by Gasteiger charge is 2.50. The van der Waals surface area contributed by atoms with Crippen molar-refractivity contribution >= 4 is 77.5 Å². The van der Waals surface area contributed by atoms with Crippen molar-refractivity contribution in [1.29, 1.82) is 5.26 Å². The number of piperazine rings is 1. The molecule has 5 aromatic heterocycles. The van der Waals surface area contributed by atoms with Crippen LogP contribution in [-0.2, 0) is 46.0 Å². The maximum atomic E-state index is 17.5. The fourth-order valence-electron chi connectivity index (χ4n) is 12.9. The molecule has 0 saturated carbocycles. The van der Waals surface area contributed by atoms with Crippen molar-refractivity contribution in [2.75, 3.05) is 50.0 Å². The number of ether oxygens (including phenoxy) is 2. The van der Waals surface area contributed by atoms with Gasteiger partial charge in [-0.1, -0.05) is 38.1 Å². The number of benzene rings is 3. The number of aryl methyl sites for hydroxylation is 1. The number of aromatic nitrogens is 8. The van der Waals surface area contributed by atoms with E-state index in [1.807, 2.05) is 43.0 Å². The maximum Gasteiger partial charge on any atom is 0.343 e. The molecule has 414 valence electrons. The Bertz CT molecular complexity index is 4180. The summed E-state index contributed by atoms with van der Waals surface area (Å²) in [6.07, 6.45) is 1.49. The molecule has 0 spiro atoms. The van der Waals surface area contributed by atoms with Crippen LogP contribution in [0.25, 0.3) is 65.8 Å². The zero-order valence-corrected chi connectivity index (χ0v) is 45.7. The van der Waals surface area contributed by atoms with Gasteiger partial charge in [0.1, 0.15) is 47.6 Å². The molecule has 8 aromatic rings. The van der Waals surface area contributed by atoms with E-state index in [9.17, 15) is 29.1 Å². The van der Waals surface area contributed by atoms with Crippen LogP contribution >= 0.6 is 22.9 Å². The molecule has 81 heavy (non-hydrogen) atoms. The van der Waals surface area contributed by atoms with Gasteiger partial charge in [-0.05, 0) is 91.9 Å². The minimum Gasteiger partial charge on any atom is -0.461 e. The first-order valence-electron chi connectivity index (χ1n) is 26.7. The van der Waals surface area contributed by atoms with E-state index in [1.54, 1.807) is 22.5 Å². The summed E-state index contributed by atoms with van der Waals surface area (Å²) in [5.74, 6) is -2.03. The van der Waals surface area contributed by atoms with Crippen molar-refractivity contribution in [3.05, 3.63) is 109 Å². The van der Waals surface area contributed by atoms with Gasteiger partial charge >= 0.3 is 12.0 Å². The number of fused-ring (bicyclic) bond motifs is 8. The van der Waals surface area contributed by atoms with Crippen molar-refractivity contribution in [3.63, 3.8) is 0 Å². The monoisotopic (exact) mass is 1140 g/mol. The number of amides is 1. The molecule has 1 amide bonds. The van der Waals surface area contributed by atoms with Gasteiger partial charge in [0, 0.05) is 82.6 Å². The molecule has 5 aliphatic rings. The summed E-state index contributed by atoms with van der Waals surface area (Å²) >= 11 is 7.88. The van der Waals surface area contributed by atoms with Gasteiger partial charge in [0.15, 0.2) is 11.4 Å². The Hall–Kier alpha value is -8.04. The van der Waals surface area contributed by atoms with Crippen LogP contribution in [0.4, 0.5) is 24.0 Å². The maximum absolute atomic E-state index is 17.5. The van der Waals surface area contributed by atoms with Crippen LogP contribution in [0.15, 0.2) is 59.4 Å². The quantitative estimate of drug-likeness (QED) is 0.0930. The number of pyridine rings is 2. The average molecular weight is 1140 g/mol. The molecular weight excluding hydrogens is 1090 g/mol. The first-order chi connectivity index (χ1) is 38.9. The third-order valence-corrected chi connectivity index (χ3v) is 18.3. The standard InChI is InChI=1S/C57H51ClF3N13O6S/c1-5-31-33-16-29(8-11-41(33)64-46-36(31)24-73-42(46)18-38-37(53(73)76)25-79-54(77)57(38,78)6-2)50-67-69-74(68-50)21-27(3)52(75)70-14-15-72(28(4)22-70)51-34-17-39(58)44(32-9-10-40(60)48-43(32)35(20-62)49(63)81-48)45(61)47(34)65-55(66-51)80-26-56-12-7-13-71(56)23-30(59)19-56/h8-11,16-18,28,30,78H,3,5-7,12-15,19,21-26,63H2,1-2,4H3/t28?,30-,56?,57?/m1/s1. The van der Waals surface area contributed by atoms with Crippen LogP contribution in [0.1, 0.15) is 74.3 Å². The Morgan fingerprint density at radius 1 is 1.07 bits per heavy atom. The molecule has 3 fully saturated rings. The minimum atomic E-state index is -1.94. The van der Waals surface area contributed by atoms with Crippen LogP contribution in [0.5, 0.6) is 6.01 Å². The van der Waals surface area contributed by atoms with Crippen molar-refractivity contribution < 1.29 is 37.3 Å².